The van der Waals surface area contributed by atoms with Crippen LogP contribution in [0.3, 0.4) is 0 Å². The molecule has 0 aliphatic heterocycles. The number of anilines is 8. The van der Waals surface area contributed by atoms with Gasteiger partial charge in [-0.05, 0) is 299 Å². The molecule has 34 nitrogen and oxygen atoms in total. The number of hydrogen-bond donors (Lipinski definition) is 8. The highest BCUT2D eigenvalue weighted by Crippen LogP contribution is 2.32. The SMILES string of the molecule is C=CC(=O)Nc1cccc(-n2c(=O)n(-c3ccc(NC(=O)c4ccc(OC)cc4)cc3)c3cnccc32)c1.C=CC(=O)Nc1cccc(-n2c(=O)n(-c3ccc(NC(=O)c4cccc(C)c4)cc3)c3cnccc32)c1.C=CC(=O)Nc1cccc(-n2c(=O)n(-c3ccc(NC(=O)c4cccc(C)c4)cc3)c3cnccc32)c1.C=CC(=O)Nc1cccc(-n2c(=O)n(-c3ccc(NC(=O)c4cccc(OC)c4)cc3)c3cnccc32)c1. The van der Waals surface area contributed by atoms with Gasteiger partial charge in [0.15, 0.2) is 0 Å². The molecule has 20 aromatic rings. The molecule has 8 aromatic heterocycles. The van der Waals surface area contributed by atoms with E-state index in [0.29, 0.717) is 169 Å². The van der Waals surface area contributed by atoms with Crippen molar-refractivity contribution in [3.05, 3.63) is 491 Å². The normalized spacial score (nSPS) is 10.7. The van der Waals surface area contributed by atoms with Crippen molar-refractivity contribution in [2.45, 2.75) is 13.8 Å². The number of hydrogen-bond acceptors (Lipinski definition) is 18. The zero-order chi connectivity index (χ0) is 105. The Balaban J connectivity index is 0.000000136. The molecule has 0 saturated carbocycles. The van der Waals surface area contributed by atoms with Crippen molar-refractivity contribution in [1.82, 2.24) is 56.5 Å². The molecule has 740 valence electrons. The first-order valence-electron chi connectivity index (χ1n) is 46.4. The number of imidazole rings is 4. The highest BCUT2D eigenvalue weighted by Gasteiger charge is 2.25. The summed E-state index contributed by atoms with van der Waals surface area (Å²) < 4.78 is 22.8. The molecule has 0 saturated heterocycles. The molecular weight excluding hydrogens is 1900 g/mol. The maximum absolute atomic E-state index is 13.7. The number of pyridine rings is 4. The molecule has 0 spiro atoms. The number of methoxy groups -OCH3 is 2. The summed E-state index contributed by atoms with van der Waals surface area (Å²) in [6.45, 7) is 17.7. The van der Waals surface area contributed by atoms with E-state index in [-0.39, 0.29) is 70.0 Å². The molecule has 8 N–H and O–H groups in total. The van der Waals surface area contributed by atoms with Crippen LogP contribution in [0.2, 0.25) is 0 Å². The van der Waals surface area contributed by atoms with Gasteiger partial charge in [-0.3, -0.25) is 94.8 Å². The number of amides is 8. The number of carbonyl (C=O) groups is 8. The molecule has 34 heteroatoms. The van der Waals surface area contributed by atoms with Gasteiger partial charge in [-0.1, -0.05) is 92.0 Å². The summed E-state index contributed by atoms with van der Waals surface area (Å²) in [5.74, 6) is -1.09. The number of ether oxygens (including phenoxy) is 2. The number of nitrogens with zero attached hydrogens (tertiary/aromatic N) is 12. The predicted molar refractivity (Wildman–Crippen MR) is 582 cm³/mol. The van der Waals surface area contributed by atoms with E-state index in [1.54, 1.807) is 379 Å². The van der Waals surface area contributed by atoms with Gasteiger partial charge in [0.05, 0.1) is 129 Å². The minimum Gasteiger partial charge on any atom is -0.497 e. The molecule has 0 fully saturated rings. The van der Waals surface area contributed by atoms with Crippen molar-refractivity contribution in [1.29, 1.82) is 0 Å². The monoisotopic (exact) mass is 1990 g/mol. The van der Waals surface area contributed by atoms with Crippen LogP contribution in [0.25, 0.3) is 89.6 Å². The van der Waals surface area contributed by atoms with Crippen LogP contribution in [0, 0.1) is 13.8 Å². The van der Waals surface area contributed by atoms with E-state index in [9.17, 15) is 57.5 Å². The van der Waals surface area contributed by atoms with E-state index >= 15 is 0 Å². The highest BCUT2D eigenvalue weighted by molar-refractivity contribution is 6.08. The van der Waals surface area contributed by atoms with Gasteiger partial charge in [0.2, 0.25) is 23.6 Å². The molecule has 0 unspecified atom stereocenters. The lowest BCUT2D eigenvalue weighted by Crippen LogP contribution is -2.22. The Kier molecular flexibility index (Phi) is 30.2. The average molecular weight is 1990 g/mol. The van der Waals surface area contributed by atoms with Gasteiger partial charge in [0.25, 0.3) is 23.6 Å². The largest absolute Gasteiger partial charge is 0.497 e. The fraction of sp³-hybridized carbons (Fsp3) is 0.0345. The minimum absolute atomic E-state index is 0.210. The van der Waals surface area contributed by atoms with Crippen molar-refractivity contribution in [2.24, 2.45) is 0 Å². The van der Waals surface area contributed by atoms with E-state index in [2.05, 4.69) is 88.8 Å². The fourth-order valence-electron chi connectivity index (χ4n) is 16.5. The zero-order valence-corrected chi connectivity index (χ0v) is 80.9. The third kappa shape index (κ3) is 22.4. The van der Waals surface area contributed by atoms with E-state index in [0.717, 1.165) is 11.1 Å². The number of benzene rings is 12. The molecular formula is C116H92N20O14. The van der Waals surface area contributed by atoms with Gasteiger partial charge in [0, 0.05) is 92.5 Å². The molecule has 12 aromatic carbocycles. The average Bonchev–Trinajstić information content (AvgIpc) is 1.61. The summed E-state index contributed by atoms with van der Waals surface area (Å²) >= 11 is 0. The Morgan fingerprint density at radius 3 is 0.727 bits per heavy atom. The zero-order valence-electron chi connectivity index (χ0n) is 80.9. The molecule has 8 amide bonds. The summed E-state index contributed by atoms with van der Waals surface area (Å²) in [6, 6.07) is 91.4. The molecule has 0 radical (unpaired) electrons. The maximum Gasteiger partial charge on any atom is 0.338 e. The topological polar surface area (TPSA) is 411 Å². The maximum atomic E-state index is 13.7. The van der Waals surface area contributed by atoms with Crippen molar-refractivity contribution < 1.29 is 47.8 Å². The second kappa shape index (κ2) is 45.3. The summed E-state index contributed by atoms with van der Waals surface area (Å²) in [7, 11) is 3.11. The van der Waals surface area contributed by atoms with Crippen LogP contribution in [0.4, 0.5) is 45.5 Å². The standard InChI is InChI=1S/2C29H23N5O4.2C29H23N5O3/c1-3-27(35)31-21-7-5-8-23(17-21)34-25-14-15-30-18-26(25)33(29(34)37)22-12-10-20(11-13-22)32-28(36)19-6-4-9-24(16-19)38-2;1-3-27(35)31-21-5-4-6-23(17-21)34-25-15-16-30-18-26(25)33(29(34)37)22-11-9-20(10-12-22)32-28(36)19-7-13-24(38-2)14-8-19;2*1-3-27(35)31-22-8-5-9-24(17-22)34-25-14-15-30-18-26(25)33(29(34)37)23-12-10-21(11-13-23)32-28(36)20-7-4-6-19(2)16-20/h2*3-18H,1H2,2H3,(H,31,35)(H,32,36);2*3-18H,1H2,2H3,(H,31,35)(H,32,36). The van der Waals surface area contributed by atoms with Crippen LogP contribution in [0.1, 0.15) is 52.6 Å². The molecule has 0 atom stereocenters. The lowest BCUT2D eigenvalue weighted by atomic mass is 10.1. The fourth-order valence-corrected chi connectivity index (χ4v) is 16.5. The van der Waals surface area contributed by atoms with Crippen LogP contribution in [0.15, 0.2) is 435 Å². The molecule has 0 bridgehead atoms. The van der Waals surface area contributed by atoms with Crippen molar-refractivity contribution >= 4 is 137 Å². The first kappa shape index (κ1) is 100. The molecule has 0 aliphatic carbocycles. The van der Waals surface area contributed by atoms with Crippen LogP contribution in [-0.4, -0.2) is 118 Å². The molecule has 8 heterocycles. The Morgan fingerprint density at radius 2 is 0.473 bits per heavy atom. The van der Waals surface area contributed by atoms with Crippen molar-refractivity contribution in [2.75, 3.05) is 56.8 Å². The summed E-state index contributed by atoms with van der Waals surface area (Å²) in [5, 5.41) is 22.4. The Hall–Kier alpha value is -21.4. The second-order valence-electron chi connectivity index (χ2n) is 33.4. The number of fused-ring (bicyclic) bond motifs is 4. The Morgan fingerprint density at radius 1 is 0.233 bits per heavy atom. The lowest BCUT2D eigenvalue weighted by Gasteiger charge is -2.09. The number of aromatic nitrogens is 12. The quantitative estimate of drug-likeness (QED) is 0.0233. The van der Waals surface area contributed by atoms with Gasteiger partial charge < -0.3 is 52.0 Å². The third-order valence-electron chi connectivity index (χ3n) is 23.6. The van der Waals surface area contributed by atoms with Gasteiger partial charge >= 0.3 is 22.8 Å². The van der Waals surface area contributed by atoms with E-state index in [1.807, 2.05) is 50.2 Å². The van der Waals surface area contributed by atoms with E-state index in [1.165, 1.54) is 24.3 Å². The lowest BCUT2D eigenvalue weighted by molar-refractivity contribution is -0.112. The summed E-state index contributed by atoms with van der Waals surface area (Å²) in [6.07, 6.45) is 17.7. The predicted octanol–water partition coefficient (Wildman–Crippen LogP) is 18.8. The molecule has 20 rings (SSSR count). The van der Waals surface area contributed by atoms with Crippen LogP contribution < -0.4 is 74.8 Å². The van der Waals surface area contributed by atoms with Crippen molar-refractivity contribution in [3.8, 4) is 57.0 Å². The first-order valence-corrected chi connectivity index (χ1v) is 46.4. The Bertz CT molecular complexity index is 8680. The van der Waals surface area contributed by atoms with Gasteiger partial charge in [0.1, 0.15) is 11.5 Å². The van der Waals surface area contributed by atoms with Crippen LogP contribution >= 0.6 is 0 Å². The van der Waals surface area contributed by atoms with E-state index < -0.39 is 0 Å². The molecule has 150 heavy (non-hydrogen) atoms. The van der Waals surface area contributed by atoms with Gasteiger partial charge in [-0.25, -0.2) is 19.2 Å². The first-order chi connectivity index (χ1) is 72.8. The molecule has 0 aliphatic rings. The summed E-state index contributed by atoms with van der Waals surface area (Å²) in [5.41, 5.74) is 17.2. The van der Waals surface area contributed by atoms with Crippen LogP contribution in [-0.2, 0) is 19.2 Å². The second-order valence-corrected chi connectivity index (χ2v) is 33.4. The smallest absolute Gasteiger partial charge is 0.338 e. The highest BCUT2D eigenvalue weighted by atomic mass is 16.5. The number of aryl methyl sites for hydroxylation is 2. The third-order valence-corrected chi connectivity index (χ3v) is 23.6. The minimum atomic E-state index is -0.347. The van der Waals surface area contributed by atoms with Crippen molar-refractivity contribution in [3.63, 3.8) is 0 Å². The summed E-state index contributed by atoms with van der Waals surface area (Å²) in [4.78, 5) is 169. The Labute approximate surface area is 854 Å². The number of nitrogens with one attached hydrogen (secondary N) is 8. The number of rotatable bonds is 26. The van der Waals surface area contributed by atoms with Crippen LogP contribution in [0.5, 0.6) is 11.5 Å². The van der Waals surface area contributed by atoms with Gasteiger partial charge in [-0.2, -0.15) is 0 Å². The van der Waals surface area contributed by atoms with E-state index in [4.69, 9.17) is 9.47 Å². The van der Waals surface area contributed by atoms with Gasteiger partial charge in [-0.15, -0.1) is 0 Å². The number of carbonyl (C=O) groups excluding carboxylic acids is 8.